The highest BCUT2D eigenvalue weighted by molar-refractivity contribution is 14.0. The molecule has 1 aromatic heterocycles. The first-order valence-corrected chi connectivity index (χ1v) is 9.75. The fourth-order valence-corrected chi connectivity index (χ4v) is 2.55. The molecule has 0 saturated heterocycles. The highest BCUT2D eigenvalue weighted by atomic mass is 127. The van der Waals surface area contributed by atoms with E-state index in [0.717, 1.165) is 25.1 Å². The monoisotopic (exact) mass is 489 g/mol. The van der Waals surface area contributed by atoms with Crippen LogP contribution in [0.15, 0.2) is 29.4 Å². The fourth-order valence-electron chi connectivity index (χ4n) is 2.55. The van der Waals surface area contributed by atoms with Crippen molar-refractivity contribution in [1.29, 1.82) is 0 Å². The normalized spacial score (nSPS) is 12.1. The largest absolute Gasteiger partial charge is 0.357 e. The van der Waals surface area contributed by atoms with Crippen molar-refractivity contribution in [1.82, 2.24) is 20.5 Å². The molecular formula is C20H36IN5O. The van der Waals surface area contributed by atoms with Crippen molar-refractivity contribution in [2.24, 2.45) is 4.99 Å². The van der Waals surface area contributed by atoms with E-state index < -0.39 is 0 Å². The SMILES string of the molecule is CCCCCC(C)NC(=NCC(=O)N(C)CCc1ccccn1)NCC.I. The van der Waals surface area contributed by atoms with Gasteiger partial charge in [0.05, 0.1) is 0 Å². The number of rotatable bonds is 11. The minimum absolute atomic E-state index is 0. The van der Waals surface area contributed by atoms with Crippen LogP contribution in [0, 0.1) is 0 Å². The van der Waals surface area contributed by atoms with Crippen LogP contribution in [0.4, 0.5) is 0 Å². The van der Waals surface area contributed by atoms with Crippen LogP contribution in [0.25, 0.3) is 0 Å². The second-order valence-corrected chi connectivity index (χ2v) is 6.62. The summed E-state index contributed by atoms with van der Waals surface area (Å²) in [4.78, 5) is 22.8. The number of unbranched alkanes of at least 4 members (excludes halogenated alkanes) is 2. The zero-order chi connectivity index (χ0) is 19.2. The van der Waals surface area contributed by atoms with Gasteiger partial charge in [-0.2, -0.15) is 0 Å². The number of hydrogen-bond acceptors (Lipinski definition) is 3. The average Bonchev–Trinajstić information content (AvgIpc) is 2.65. The first kappa shape index (κ1) is 25.6. The van der Waals surface area contributed by atoms with Crippen LogP contribution in [-0.2, 0) is 11.2 Å². The topological polar surface area (TPSA) is 69.6 Å². The number of hydrogen-bond donors (Lipinski definition) is 2. The van der Waals surface area contributed by atoms with Crippen LogP contribution in [0.5, 0.6) is 0 Å². The van der Waals surface area contributed by atoms with Crippen LogP contribution in [0.2, 0.25) is 0 Å². The Kier molecular flexibility index (Phi) is 14.9. The summed E-state index contributed by atoms with van der Waals surface area (Å²) in [6.07, 6.45) is 7.31. The summed E-state index contributed by atoms with van der Waals surface area (Å²) in [5.74, 6) is 0.722. The summed E-state index contributed by atoms with van der Waals surface area (Å²) in [6, 6.07) is 6.18. The van der Waals surface area contributed by atoms with Gasteiger partial charge in [-0.15, -0.1) is 24.0 Å². The standard InChI is InChI=1S/C20H35N5O.HI/c1-5-7-8-11-17(3)24-20(21-6-2)23-16-19(26)25(4)15-13-18-12-9-10-14-22-18;/h9-10,12,14,17H,5-8,11,13,15-16H2,1-4H3,(H2,21,23,24);1H. The fraction of sp³-hybridized carbons (Fsp3) is 0.650. The molecule has 0 spiro atoms. The Morgan fingerprint density at radius 2 is 2.07 bits per heavy atom. The molecule has 1 aromatic rings. The van der Waals surface area contributed by atoms with Gasteiger partial charge in [0.2, 0.25) is 5.91 Å². The molecule has 0 aliphatic carbocycles. The molecule has 7 heteroatoms. The molecule has 1 heterocycles. The van der Waals surface area contributed by atoms with Gasteiger partial charge < -0.3 is 15.5 Å². The molecule has 0 aromatic carbocycles. The Morgan fingerprint density at radius 1 is 1.30 bits per heavy atom. The number of amides is 1. The van der Waals surface area contributed by atoms with Crippen LogP contribution in [-0.4, -0.2) is 54.5 Å². The summed E-state index contributed by atoms with van der Waals surface area (Å²) in [5, 5.41) is 6.60. The predicted molar refractivity (Wildman–Crippen MR) is 124 cm³/mol. The van der Waals surface area contributed by atoms with Crippen molar-refractivity contribution < 1.29 is 4.79 Å². The Bertz CT molecular complexity index is 538. The number of nitrogens with one attached hydrogen (secondary N) is 2. The molecule has 1 rings (SSSR count). The van der Waals surface area contributed by atoms with E-state index in [1.54, 1.807) is 11.1 Å². The lowest BCUT2D eigenvalue weighted by Gasteiger charge is -2.19. The molecule has 0 fully saturated rings. The second-order valence-electron chi connectivity index (χ2n) is 6.62. The number of carbonyl (C=O) groups is 1. The molecule has 0 radical (unpaired) electrons. The van der Waals surface area contributed by atoms with Crippen molar-refractivity contribution in [2.75, 3.05) is 26.7 Å². The maximum Gasteiger partial charge on any atom is 0.244 e. The van der Waals surface area contributed by atoms with E-state index in [0.29, 0.717) is 18.5 Å². The van der Waals surface area contributed by atoms with E-state index in [1.165, 1.54) is 19.3 Å². The van der Waals surface area contributed by atoms with Crippen molar-refractivity contribution >= 4 is 35.8 Å². The third-order valence-electron chi connectivity index (χ3n) is 4.20. The molecule has 154 valence electrons. The minimum Gasteiger partial charge on any atom is -0.357 e. The van der Waals surface area contributed by atoms with E-state index in [-0.39, 0.29) is 36.4 Å². The van der Waals surface area contributed by atoms with E-state index >= 15 is 0 Å². The number of pyridine rings is 1. The number of aromatic nitrogens is 1. The molecule has 0 saturated carbocycles. The predicted octanol–water partition coefficient (Wildman–Crippen LogP) is 3.22. The third-order valence-corrected chi connectivity index (χ3v) is 4.20. The lowest BCUT2D eigenvalue weighted by molar-refractivity contribution is -0.128. The third kappa shape index (κ3) is 11.8. The van der Waals surface area contributed by atoms with Gasteiger partial charge in [-0.25, -0.2) is 4.99 Å². The zero-order valence-corrected chi connectivity index (χ0v) is 19.5. The maximum atomic E-state index is 12.3. The second kappa shape index (κ2) is 15.7. The van der Waals surface area contributed by atoms with E-state index in [4.69, 9.17) is 0 Å². The summed E-state index contributed by atoms with van der Waals surface area (Å²) < 4.78 is 0. The lowest BCUT2D eigenvalue weighted by atomic mass is 10.1. The van der Waals surface area contributed by atoms with Crippen LogP contribution in [0.1, 0.15) is 52.1 Å². The number of halogens is 1. The highest BCUT2D eigenvalue weighted by Gasteiger charge is 2.10. The van der Waals surface area contributed by atoms with Gasteiger partial charge >= 0.3 is 0 Å². The summed E-state index contributed by atoms with van der Waals surface area (Å²) >= 11 is 0. The molecule has 6 nitrogen and oxygen atoms in total. The summed E-state index contributed by atoms with van der Waals surface area (Å²) in [7, 11) is 1.81. The first-order chi connectivity index (χ1) is 12.6. The van der Waals surface area contributed by atoms with Gasteiger partial charge in [0, 0.05) is 44.5 Å². The molecule has 0 aliphatic rings. The Morgan fingerprint density at radius 3 is 2.70 bits per heavy atom. The number of guanidine groups is 1. The molecule has 27 heavy (non-hydrogen) atoms. The highest BCUT2D eigenvalue weighted by Crippen LogP contribution is 2.02. The quantitative estimate of drug-likeness (QED) is 0.217. The Hall–Kier alpha value is -1.38. The number of carbonyl (C=O) groups excluding carboxylic acids is 1. The van der Waals surface area contributed by atoms with Gasteiger partial charge in [0.15, 0.2) is 5.96 Å². The van der Waals surface area contributed by atoms with Crippen molar-refractivity contribution in [3.05, 3.63) is 30.1 Å². The summed E-state index contributed by atoms with van der Waals surface area (Å²) in [5.41, 5.74) is 0.992. The first-order valence-electron chi connectivity index (χ1n) is 9.75. The number of likely N-dealkylation sites (N-methyl/N-ethyl adjacent to an activating group) is 1. The number of aliphatic imine (C=N–C) groups is 1. The van der Waals surface area contributed by atoms with Crippen LogP contribution in [0.3, 0.4) is 0 Å². The van der Waals surface area contributed by atoms with Gasteiger partial charge in [-0.3, -0.25) is 9.78 Å². The summed E-state index contributed by atoms with van der Waals surface area (Å²) in [6.45, 7) is 7.96. The lowest BCUT2D eigenvalue weighted by Crippen LogP contribution is -2.43. The smallest absolute Gasteiger partial charge is 0.244 e. The molecule has 1 amide bonds. The number of nitrogens with zero attached hydrogens (tertiary/aromatic N) is 3. The Balaban J connectivity index is 0.00000676. The van der Waals surface area contributed by atoms with Gasteiger partial charge in [0.25, 0.3) is 0 Å². The van der Waals surface area contributed by atoms with Gasteiger partial charge in [-0.05, 0) is 32.4 Å². The minimum atomic E-state index is 0. The van der Waals surface area contributed by atoms with Crippen LogP contribution < -0.4 is 10.6 Å². The average molecular weight is 489 g/mol. The van der Waals surface area contributed by atoms with E-state index in [1.807, 2.05) is 32.2 Å². The molecule has 0 bridgehead atoms. The molecule has 1 unspecified atom stereocenters. The molecular weight excluding hydrogens is 453 g/mol. The van der Waals surface area contributed by atoms with Crippen molar-refractivity contribution in [3.8, 4) is 0 Å². The van der Waals surface area contributed by atoms with Gasteiger partial charge in [-0.1, -0.05) is 32.3 Å². The zero-order valence-electron chi connectivity index (χ0n) is 17.2. The Labute approximate surface area is 181 Å². The van der Waals surface area contributed by atoms with Crippen LogP contribution >= 0.6 is 24.0 Å². The van der Waals surface area contributed by atoms with Crippen molar-refractivity contribution in [2.45, 2.75) is 58.9 Å². The molecule has 0 aliphatic heterocycles. The van der Waals surface area contributed by atoms with E-state index in [9.17, 15) is 4.79 Å². The van der Waals surface area contributed by atoms with Crippen molar-refractivity contribution in [3.63, 3.8) is 0 Å². The van der Waals surface area contributed by atoms with E-state index in [2.05, 4.69) is 34.5 Å². The van der Waals surface area contributed by atoms with Gasteiger partial charge in [0.1, 0.15) is 6.54 Å². The maximum absolute atomic E-state index is 12.3. The molecule has 1 atom stereocenters. The molecule has 2 N–H and O–H groups in total.